The SMILES string of the molecule is O=C(c1ccc2c(c1)C1C=CCC1C(c1ccc(Cl)cc1)N2)N1CCCc2ccccc21. The quantitative estimate of drug-likeness (QED) is 0.446. The predicted octanol–water partition coefficient (Wildman–Crippen LogP) is 6.76. The van der Waals surface area contributed by atoms with Crippen LogP contribution in [0.2, 0.25) is 5.02 Å². The lowest BCUT2D eigenvalue weighted by atomic mass is 9.76. The highest BCUT2D eigenvalue weighted by atomic mass is 35.5. The number of carbonyl (C=O) groups is 1. The van der Waals surface area contributed by atoms with Crippen molar-refractivity contribution in [3.05, 3.63) is 106 Å². The molecule has 1 N–H and O–H groups in total. The predicted molar refractivity (Wildman–Crippen MR) is 131 cm³/mol. The fraction of sp³-hybridized carbons (Fsp3) is 0.250. The number of halogens is 1. The number of hydrogen-bond donors (Lipinski definition) is 1. The van der Waals surface area contributed by atoms with E-state index in [1.54, 1.807) is 0 Å². The fourth-order valence-corrected chi connectivity index (χ4v) is 5.75. The first kappa shape index (κ1) is 19.6. The van der Waals surface area contributed by atoms with Gasteiger partial charge in [0.2, 0.25) is 0 Å². The number of para-hydroxylation sites is 1. The number of nitrogens with zero attached hydrogens (tertiary/aromatic N) is 1. The van der Waals surface area contributed by atoms with Crippen LogP contribution in [-0.2, 0) is 6.42 Å². The molecule has 0 aromatic heterocycles. The van der Waals surface area contributed by atoms with E-state index in [1.165, 1.54) is 16.7 Å². The van der Waals surface area contributed by atoms with Crippen LogP contribution in [0.5, 0.6) is 0 Å². The summed E-state index contributed by atoms with van der Waals surface area (Å²) in [5, 5.41) is 4.52. The smallest absolute Gasteiger partial charge is 0.258 e. The zero-order chi connectivity index (χ0) is 21.7. The minimum absolute atomic E-state index is 0.0956. The Morgan fingerprint density at radius 2 is 1.88 bits per heavy atom. The highest BCUT2D eigenvalue weighted by Gasteiger charge is 2.38. The first-order valence-electron chi connectivity index (χ1n) is 11.4. The first-order chi connectivity index (χ1) is 15.7. The summed E-state index contributed by atoms with van der Waals surface area (Å²) < 4.78 is 0. The van der Waals surface area contributed by atoms with Gasteiger partial charge in [0, 0.05) is 34.4 Å². The lowest BCUT2D eigenvalue weighted by Gasteiger charge is -2.38. The van der Waals surface area contributed by atoms with Crippen LogP contribution in [0.3, 0.4) is 0 Å². The van der Waals surface area contributed by atoms with Crippen LogP contribution in [-0.4, -0.2) is 12.5 Å². The van der Waals surface area contributed by atoms with Crippen LogP contribution in [0.15, 0.2) is 78.9 Å². The van der Waals surface area contributed by atoms with Gasteiger partial charge in [0.05, 0.1) is 6.04 Å². The molecule has 3 unspecified atom stereocenters. The molecule has 0 bridgehead atoms. The number of carbonyl (C=O) groups excluding carboxylic acids is 1. The third-order valence-electron chi connectivity index (χ3n) is 7.19. The highest BCUT2D eigenvalue weighted by Crippen LogP contribution is 2.50. The molecule has 3 aromatic rings. The molecule has 3 aliphatic rings. The summed E-state index contributed by atoms with van der Waals surface area (Å²) in [6, 6.07) is 22.9. The van der Waals surface area contributed by atoms with Gasteiger partial charge in [0.15, 0.2) is 0 Å². The summed E-state index contributed by atoms with van der Waals surface area (Å²) in [5.74, 6) is 0.844. The van der Waals surface area contributed by atoms with Crippen molar-refractivity contribution in [2.45, 2.75) is 31.2 Å². The second kappa shape index (κ2) is 7.83. The van der Waals surface area contributed by atoms with Crippen molar-refractivity contribution < 1.29 is 4.79 Å². The van der Waals surface area contributed by atoms with E-state index >= 15 is 0 Å². The summed E-state index contributed by atoms with van der Waals surface area (Å²) >= 11 is 6.12. The lowest BCUT2D eigenvalue weighted by molar-refractivity contribution is 0.0985. The highest BCUT2D eigenvalue weighted by molar-refractivity contribution is 6.30. The Kier molecular flexibility index (Phi) is 4.80. The molecule has 1 amide bonds. The van der Waals surface area contributed by atoms with E-state index in [1.807, 2.05) is 29.2 Å². The number of rotatable bonds is 2. The van der Waals surface area contributed by atoms with Crippen LogP contribution < -0.4 is 10.2 Å². The fourth-order valence-electron chi connectivity index (χ4n) is 5.63. The molecule has 3 nitrogen and oxygen atoms in total. The van der Waals surface area contributed by atoms with Gasteiger partial charge in [-0.1, -0.05) is 54.1 Å². The molecular formula is C28H25ClN2O. The van der Waals surface area contributed by atoms with Crippen LogP contribution in [0.25, 0.3) is 0 Å². The van der Waals surface area contributed by atoms with Crippen molar-refractivity contribution in [3.63, 3.8) is 0 Å². The minimum atomic E-state index is 0.0956. The Morgan fingerprint density at radius 3 is 2.75 bits per heavy atom. The average molecular weight is 441 g/mol. The van der Waals surface area contributed by atoms with E-state index in [-0.39, 0.29) is 11.9 Å². The molecule has 32 heavy (non-hydrogen) atoms. The lowest BCUT2D eigenvalue weighted by Crippen LogP contribution is -2.36. The molecule has 0 radical (unpaired) electrons. The molecule has 0 fully saturated rings. The van der Waals surface area contributed by atoms with Crippen LogP contribution in [0.1, 0.15) is 51.8 Å². The summed E-state index contributed by atoms with van der Waals surface area (Å²) in [6.07, 6.45) is 7.67. The Morgan fingerprint density at radius 1 is 1.03 bits per heavy atom. The number of anilines is 2. The molecule has 0 spiro atoms. The molecule has 2 aliphatic heterocycles. The van der Waals surface area contributed by atoms with Gasteiger partial charge in [0.1, 0.15) is 0 Å². The van der Waals surface area contributed by atoms with E-state index in [4.69, 9.17) is 11.6 Å². The molecule has 1 aliphatic carbocycles. The first-order valence-corrected chi connectivity index (χ1v) is 11.8. The monoisotopic (exact) mass is 440 g/mol. The van der Waals surface area contributed by atoms with E-state index in [0.717, 1.165) is 47.8 Å². The molecule has 2 heterocycles. The Bertz CT molecular complexity index is 1220. The van der Waals surface area contributed by atoms with E-state index in [0.29, 0.717) is 11.8 Å². The van der Waals surface area contributed by atoms with Gasteiger partial charge in [-0.2, -0.15) is 0 Å². The van der Waals surface area contributed by atoms with Crippen molar-refractivity contribution in [1.29, 1.82) is 0 Å². The molecule has 160 valence electrons. The number of aryl methyl sites for hydroxylation is 1. The summed E-state index contributed by atoms with van der Waals surface area (Å²) in [6.45, 7) is 0.774. The third kappa shape index (κ3) is 3.23. The number of allylic oxidation sites excluding steroid dienone is 2. The van der Waals surface area contributed by atoms with E-state index in [9.17, 15) is 4.79 Å². The van der Waals surface area contributed by atoms with Crippen molar-refractivity contribution in [2.75, 3.05) is 16.8 Å². The van der Waals surface area contributed by atoms with Gasteiger partial charge in [-0.15, -0.1) is 0 Å². The number of amides is 1. The standard InChI is InChI=1S/C28H25ClN2O/c29-21-13-10-19(11-14-21)27-23-8-3-7-22(23)24-17-20(12-15-25(24)30-27)28(32)31-16-4-6-18-5-1-2-9-26(18)31/h1-3,5,7,9-15,17,22-23,27,30H,4,6,8,16H2. The number of nitrogens with one attached hydrogen (secondary N) is 1. The van der Waals surface area contributed by atoms with Crippen molar-refractivity contribution in [2.24, 2.45) is 5.92 Å². The molecule has 3 atom stereocenters. The Balaban J connectivity index is 1.34. The van der Waals surface area contributed by atoms with Crippen molar-refractivity contribution in [1.82, 2.24) is 0 Å². The topological polar surface area (TPSA) is 32.3 Å². The second-order valence-corrected chi connectivity index (χ2v) is 9.45. The van der Waals surface area contributed by atoms with E-state index in [2.05, 4.69) is 59.9 Å². The summed E-state index contributed by atoms with van der Waals surface area (Å²) in [4.78, 5) is 15.5. The zero-order valence-corrected chi connectivity index (χ0v) is 18.6. The Labute approximate surface area is 193 Å². The second-order valence-electron chi connectivity index (χ2n) is 9.02. The number of hydrogen-bond acceptors (Lipinski definition) is 2. The van der Waals surface area contributed by atoms with Crippen molar-refractivity contribution in [3.8, 4) is 0 Å². The molecular weight excluding hydrogens is 416 g/mol. The van der Waals surface area contributed by atoms with E-state index < -0.39 is 0 Å². The van der Waals surface area contributed by atoms with Gasteiger partial charge in [-0.05, 0) is 78.3 Å². The van der Waals surface area contributed by atoms with Crippen molar-refractivity contribution >= 4 is 28.9 Å². The van der Waals surface area contributed by atoms with Gasteiger partial charge in [-0.25, -0.2) is 0 Å². The maximum absolute atomic E-state index is 13.5. The van der Waals surface area contributed by atoms with Crippen LogP contribution in [0, 0.1) is 5.92 Å². The van der Waals surface area contributed by atoms with Gasteiger partial charge in [0.25, 0.3) is 5.91 Å². The van der Waals surface area contributed by atoms with Crippen LogP contribution in [0.4, 0.5) is 11.4 Å². The zero-order valence-electron chi connectivity index (χ0n) is 17.8. The largest absolute Gasteiger partial charge is 0.378 e. The maximum atomic E-state index is 13.5. The minimum Gasteiger partial charge on any atom is -0.378 e. The summed E-state index contributed by atoms with van der Waals surface area (Å²) in [5.41, 5.74) is 6.69. The molecule has 4 heteroatoms. The maximum Gasteiger partial charge on any atom is 0.258 e. The van der Waals surface area contributed by atoms with Crippen LogP contribution >= 0.6 is 11.6 Å². The average Bonchev–Trinajstić information content (AvgIpc) is 3.33. The van der Waals surface area contributed by atoms with Gasteiger partial charge >= 0.3 is 0 Å². The van der Waals surface area contributed by atoms with Gasteiger partial charge < -0.3 is 10.2 Å². The molecule has 3 aromatic carbocycles. The number of benzene rings is 3. The third-order valence-corrected chi connectivity index (χ3v) is 7.45. The summed E-state index contributed by atoms with van der Waals surface area (Å²) in [7, 11) is 0. The Hall–Kier alpha value is -3.04. The van der Waals surface area contributed by atoms with Gasteiger partial charge in [-0.3, -0.25) is 4.79 Å². The normalized spacial score (nSPS) is 23.2. The molecule has 0 saturated carbocycles. The molecule has 6 rings (SSSR count). The molecule has 0 saturated heterocycles. The number of fused-ring (bicyclic) bond motifs is 4.